The molecule has 0 saturated heterocycles. The molecule has 0 amide bonds. The molecule has 1 fully saturated rings. The van der Waals surface area contributed by atoms with Crippen LogP contribution in [0, 0.1) is 20.0 Å². The van der Waals surface area contributed by atoms with Crippen LogP contribution in [-0.4, -0.2) is 12.3 Å². The molecule has 1 aromatic rings. The number of benzene rings is 1. The van der Waals surface area contributed by atoms with E-state index in [4.69, 9.17) is 14.0 Å². The molecule has 0 atom stereocenters. The van der Waals surface area contributed by atoms with E-state index in [0.717, 1.165) is 0 Å². The molecule has 0 heterocycles. The van der Waals surface area contributed by atoms with E-state index < -0.39 is 0 Å². The monoisotopic (exact) mass is 323 g/mol. The van der Waals surface area contributed by atoms with Crippen LogP contribution in [0.4, 0.5) is 0 Å². The van der Waals surface area contributed by atoms with Gasteiger partial charge in [-0.05, 0) is 18.4 Å². The van der Waals surface area contributed by atoms with Gasteiger partial charge < -0.3 is 0 Å². The fourth-order valence-corrected chi connectivity index (χ4v) is 1.96. The maximum Gasteiger partial charge on any atom is 0 e. The first-order chi connectivity index (χ1) is 9.95. The molecule has 0 unspecified atom stereocenters. The van der Waals surface area contributed by atoms with Crippen molar-refractivity contribution < 1.29 is 31.3 Å². The summed E-state index contributed by atoms with van der Waals surface area (Å²) >= 11 is 0. The van der Waals surface area contributed by atoms with Gasteiger partial charge in [-0.15, -0.1) is 0 Å². The number of hydrogen-bond acceptors (Lipinski definition) is 1. The average Bonchev–Trinajstić information content (AvgIpc) is 2.60. The van der Waals surface area contributed by atoms with Crippen LogP contribution in [0.3, 0.4) is 0 Å². The third kappa shape index (κ3) is 13.4. The predicted molar refractivity (Wildman–Crippen MR) is 72.7 cm³/mol. The fraction of sp³-hybridized carbons (Fsp3) is 0.375. The maximum absolute atomic E-state index is 7.50. The van der Waals surface area contributed by atoms with Gasteiger partial charge >= 0.3 is 33.9 Å². The zero-order valence-corrected chi connectivity index (χ0v) is 12.9. The minimum atomic E-state index is 0. The van der Waals surface area contributed by atoms with Crippen LogP contribution < -0.4 is 0 Å². The van der Waals surface area contributed by atoms with Crippen LogP contribution in [0.1, 0.15) is 37.7 Å². The zero-order chi connectivity index (χ0) is 15.6. The smallest absolute Gasteiger partial charge is 0 e. The quantitative estimate of drug-likeness (QED) is 0.455. The van der Waals surface area contributed by atoms with E-state index in [1.54, 1.807) is 0 Å². The molecule has 0 bridgehead atoms. The normalized spacial score (nSPS) is 12.9. The molecule has 4 nitrogen and oxygen atoms in total. The second-order valence-corrected chi connectivity index (χ2v) is 3.98. The topological polar surface area (TPSA) is 72.1 Å². The summed E-state index contributed by atoms with van der Waals surface area (Å²) in [7, 11) is 0. The average molecular weight is 323 g/mol. The van der Waals surface area contributed by atoms with E-state index in [1.165, 1.54) is 37.7 Å². The van der Waals surface area contributed by atoms with Gasteiger partial charge in [0.25, 0.3) is 0 Å². The van der Waals surface area contributed by atoms with Gasteiger partial charge in [0.1, 0.15) is 0 Å². The van der Waals surface area contributed by atoms with E-state index in [9.17, 15) is 0 Å². The van der Waals surface area contributed by atoms with Crippen LogP contribution >= 0.6 is 0 Å². The second kappa shape index (κ2) is 21.0. The molecular weight excluding hydrogens is 306 g/mol. The number of rotatable bonds is 2. The van der Waals surface area contributed by atoms with Crippen molar-refractivity contribution in [1.82, 2.24) is 0 Å². The van der Waals surface area contributed by atoms with E-state index >= 15 is 0 Å². The van der Waals surface area contributed by atoms with E-state index in [-0.39, 0.29) is 17.4 Å². The Bertz CT molecular complexity index is 392. The van der Waals surface area contributed by atoms with E-state index in [1.807, 2.05) is 12.3 Å². The Hall–Kier alpha value is -1.36. The van der Waals surface area contributed by atoms with Crippen molar-refractivity contribution in [3.05, 3.63) is 55.8 Å². The third-order valence-electron chi connectivity index (χ3n) is 2.81. The van der Waals surface area contributed by atoms with Crippen molar-refractivity contribution in [3.8, 4) is 0 Å². The summed E-state index contributed by atoms with van der Waals surface area (Å²) in [5.74, 6) is 0. The molecule has 21 heavy (non-hydrogen) atoms. The van der Waals surface area contributed by atoms with Gasteiger partial charge in [-0.3, -0.25) is 4.99 Å². The van der Waals surface area contributed by atoms with Gasteiger partial charge in [-0.25, -0.2) is 0 Å². The first-order valence-electron chi connectivity index (χ1n) is 6.14. The summed E-state index contributed by atoms with van der Waals surface area (Å²) in [6.07, 6.45) is 8.70. The van der Waals surface area contributed by atoms with E-state index in [2.05, 4.69) is 49.2 Å². The summed E-state index contributed by atoms with van der Waals surface area (Å²) in [6, 6.07) is 10.9. The Morgan fingerprint density at radius 3 is 1.81 bits per heavy atom. The first-order valence-corrected chi connectivity index (χ1v) is 6.14. The molecule has 0 spiro atoms. The molecule has 1 aliphatic rings. The summed E-state index contributed by atoms with van der Waals surface area (Å²) in [5, 5.41) is 0. The third-order valence-corrected chi connectivity index (χ3v) is 2.81. The van der Waals surface area contributed by atoms with Gasteiger partial charge in [-0.2, -0.15) is 0 Å². The van der Waals surface area contributed by atoms with Crippen molar-refractivity contribution in [2.45, 2.75) is 38.1 Å². The molecule has 1 aromatic carbocycles. The summed E-state index contributed by atoms with van der Waals surface area (Å²) in [6.45, 7) is 13.5. The summed E-state index contributed by atoms with van der Waals surface area (Å²) < 4.78 is 22.5. The standard InChI is InChI=1S/C13H17N.3CO.Cr/c1-3-7-12(8-4-1)11-14-13-9-5-2-6-10-13;3*1-2;/h1,3-4,7-8,11,13H,2,5-6,9-10H2;;;;. The van der Waals surface area contributed by atoms with Crippen LogP contribution in [0.15, 0.2) is 35.3 Å². The van der Waals surface area contributed by atoms with Gasteiger partial charge in [0.05, 0.1) is 0 Å². The van der Waals surface area contributed by atoms with Crippen molar-refractivity contribution in [1.29, 1.82) is 0 Å². The van der Waals surface area contributed by atoms with Crippen molar-refractivity contribution in [3.63, 3.8) is 0 Å². The molecule has 0 radical (unpaired) electrons. The van der Waals surface area contributed by atoms with E-state index in [0.29, 0.717) is 6.04 Å². The molecule has 1 saturated carbocycles. The Morgan fingerprint density at radius 1 is 0.857 bits per heavy atom. The van der Waals surface area contributed by atoms with Crippen LogP contribution in [-0.2, 0) is 31.3 Å². The van der Waals surface area contributed by atoms with Crippen LogP contribution in [0.25, 0.3) is 0 Å². The molecule has 110 valence electrons. The number of aliphatic imine (C=N–C) groups is 1. The number of hydrogen-bond donors (Lipinski definition) is 0. The summed E-state index contributed by atoms with van der Waals surface area (Å²) in [4.78, 5) is 4.63. The largest absolute Gasteiger partial charge is 0 e. The predicted octanol–water partition coefficient (Wildman–Crippen LogP) is 3.32. The summed E-state index contributed by atoms with van der Waals surface area (Å²) in [5.41, 5.74) is 1.22. The Balaban J connectivity index is -0.000000414. The zero-order valence-electron chi connectivity index (χ0n) is 11.7. The first kappa shape index (κ1) is 24.6. The van der Waals surface area contributed by atoms with Crippen molar-refractivity contribution in [2.24, 2.45) is 4.99 Å². The minimum absolute atomic E-state index is 0. The van der Waals surface area contributed by atoms with Gasteiger partial charge in [0, 0.05) is 29.6 Å². The van der Waals surface area contributed by atoms with Gasteiger partial charge in [0.15, 0.2) is 0 Å². The second-order valence-electron chi connectivity index (χ2n) is 3.98. The molecule has 2 rings (SSSR count). The SMILES string of the molecule is C(=NC1CCCCC1)c1ccccc1.[C-]#[O+].[C-]#[O+].[C-]#[O+].[Cr]. The molecule has 1 aliphatic carbocycles. The Kier molecular flexibility index (Phi) is 24.6. The molecule has 0 aliphatic heterocycles. The Labute approximate surface area is 137 Å². The Morgan fingerprint density at radius 2 is 1.33 bits per heavy atom. The van der Waals surface area contributed by atoms with Gasteiger partial charge in [-0.1, -0.05) is 49.6 Å². The van der Waals surface area contributed by atoms with Gasteiger partial charge in [0.2, 0.25) is 0 Å². The molecular formula is C16H17CrNO3. The molecule has 5 heteroatoms. The minimum Gasteiger partial charge on any atom is 0 e. The van der Waals surface area contributed by atoms with Crippen LogP contribution in [0.2, 0.25) is 0 Å². The number of nitrogens with zero attached hydrogens (tertiary/aromatic N) is 1. The maximum atomic E-state index is 7.50. The molecule has 0 aromatic heterocycles. The van der Waals surface area contributed by atoms with Crippen molar-refractivity contribution in [2.75, 3.05) is 0 Å². The van der Waals surface area contributed by atoms with Crippen LogP contribution in [0.5, 0.6) is 0 Å². The fourth-order valence-electron chi connectivity index (χ4n) is 1.96. The molecule has 0 N–H and O–H groups in total. The van der Waals surface area contributed by atoms with Crippen molar-refractivity contribution >= 4 is 6.21 Å².